The summed E-state index contributed by atoms with van der Waals surface area (Å²) in [6, 6.07) is 2.09. The highest BCUT2D eigenvalue weighted by Crippen LogP contribution is 2.36. The van der Waals surface area contributed by atoms with Crippen molar-refractivity contribution in [3.8, 4) is 18.1 Å². The van der Waals surface area contributed by atoms with E-state index in [-0.39, 0.29) is 49.4 Å². The van der Waals surface area contributed by atoms with Gasteiger partial charge in [0.1, 0.15) is 25.0 Å². The molecule has 3 saturated heterocycles. The van der Waals surface area contributed by atoms with E-state index in [4.69, 9.17) is 20.6 Å². The van der Waals surface area contributed by atoms with Crippen molar-refractivity contribution in [2.24, 2.45) is 0 Å². The van der Waals surface area contributed by atoms with Gasteiger partial charge in [-0.05, 0) is 31.0 Å². The van der Waals surface area contributed by atoms with Crippen LogP contribution in [-0.2, 0) is 20.4 Å². The number of halogens is 3. The minimum absolute atomic E-state index is 0.0118. The lowest BCUT2D eigenvalue weighted by atomic mass is 10.0. The van der Waals surface area contributed by atoms with Crippen LogP contribution in [-0.4, -0.2) is 103 Å². The van der Waals surface area contributed by atoms with Crippen LogP contribution in [0.1, 0.15) is 35.2 Å². The molecular weight excluding hydrogens is 491 g/mol. The molecule has 3 atom stereocenters. The summed E-state index contributed by atoms with van der Waals surface area (Å²) < 4.78 is 57.6. The van der Waals surface area contributed by atoms with E-state index in [1.54, 1.807) is 4.90 Å². The van der Waals surface area contributed by atoms with Gasteiger partial charge in [-0.1, -0.05) is 5.92 Å². The third-order valence-corrected chi connectivity index (χ3v) is 7.68. The molecule has 0 spiro atoms. The van der Waals surface area contributed by atoms with Crippen molar-refractivity contribution in [3.05, 3.63) is 29.3 Å². The molecular formula is C26H30F3N3O5. The van der Waals surface area contributed by atoms with Crippen LogP contribution in [0, 0.1) is 12.3 Å². The van der Waals surface area contributed by atoms with Crippen LogP contribution in [0.3, 0.4) is 0 Å². The highest BCUT2D eigenvalue weighted by atomic mass is 19.4. The molecule has 0 aliphatic carbocycles. The van der Waals surface area contributed by atoms with E-state index in [0.29, 0.717) is 38.9 Å². The van der Waals surface area contributed by atoms with Gasteiger partial charge in [0.2, 0.25) is 5.91 Å². The van der Waals surface area contributed by atoms with Gasteiger partial charge in [-0.2, -0.15) is 13.2 Å². The molecule has 37 heavy (non-hydrogen) atoms. The Labute approximate surface area is 213 Å². The number of hydrogen-bond donors (Lipinski definition) is 0. The summed E-state index contributed by atoms with van der Waals surface area (Å²) in [4.78, 5) is 32.8. The Morgan fingerprint density at radius 3 is 2.59 bits per heavy atom. The zero-order valence-electron chi connectivity index (χ0n) is 20.4. The van der Waals surface area contributed by atoms with Gasteiger partial charge in [0.25, 0.3) is 5.91 Å². The summed E-state index contributed by atoms with van der Waals surface area (Å²) in [5, 5.41) is 0. The molecule has 0 saturated carbocycles. The number of ether oxygens (including phenoxy) is 3. The fourth-order valence-electron chi connectivity index (χ4n) is 5.77. The number of carbonyl (C=O) groups excluding carboxylic acids is 2. The van der Waals surface area contributed by atoms with Crippen LogP contribution in [0.2, 0.25) is 0 Å². The number of terminal acetylenes is 1. The van der Waals surface area contributed by atoms with Crippen LogP contribution < -0.4 is 4.74 Å². The first-order valence-corrected chi connectivity index (χ1v) is 12.6. The van der Waals surface area contributed by atoms with E-state index in [1.807, 2.05) is 0 Å². The van der Waals surface area contributed by atoms with Crippen molar-refractivity contribution in [3.63, 3.8) is 0 Å². The lowest BCUT2D eigenvalue weighted by Gasteiger charge is -2.46. The topological polar surface area (TPSA) is 71.5 Å². The van der Waals surface area contributed by atoms with Gasteiger partial charge >= 0.3 is 6.18 Å². The number of alkyl halides is 3. The Kier molecular flexibility index (Phi) is 7.34. The number of hydrogen-bond acceptors (Lipinski definition) is 6. The third kappa shape index (κ3) is 5.28. The molecule has 4 aliphatic rings. The molecule has 0 radical (unpaired) electrons. The maximum Gasteiger partial charge on any atom is 0.416 e. The molecule has 0 unspecified atom stereocenters. The molecule has 1 aromatic carbocycles. The number of amides is 2. The first kappa shape index (κ1) is 25.8. The Balaban J connectivity index is 1.48. The maximum atomic E-state index is 13.8. The van der Waals surface area contributed by atoms with Crippen LogP contribution in [0.4, 0.5) is 13.2 Å². The molecule has 11 heteroatoms. The Bertz CT molecular complexity index is 1070. The molecule has 8 nitrogen and oxygen atoms in total. The largest absolute Gasteiger partial charge is 0.491 e. The summed E-state index contributed by atoms with van der Waals surface area (Å²) >= 11 is 0. The van der Waals surface area contributed by atoms with Crippen molar-refractivity contribution >= 4 is 11.8 Å². The number of rotatable bonds is 3. The number of carbonyl (C=O) groups is 2. The minimum Gasteiger partial charge on any atom is -0.491 e. The van der Waals surface area contributed by atoms with Gasteiger partial charge in [0.15, 0.2) is 0 Å². The number of benzene rings is 1. The van der Waals surface area contributed by atoms with Crippen LogP contribution >= 0.6 is 0 Å². The zero-order valence-corrected chi connectivity index (χ0v) is 20.4. The number of fused-ring (bicyclic) bond motifs is 3. The van der Waals surface area contributed by atoms with Gasteiger partial charge in [0, 0.05) is 51.9 Å². The average molecular weight is 522 g/mol. The summed E-state index contributed by atoms with van der Waals surface area (Å²) in [7, 11) is 0. The van der Waals surface area contributed by atoms with Crippen molar-refractivity contribution < 1.29 is 37.0 Å². The Morgan fingerprint density at radius 2 is 1.86 bits per heavy atom. The van der Waals surface area contributed by atoms with Crippen molar-refractivity contribution in [2.75, 3.05) is 52.6 Å². The molecule has 1 aromatic rings. The molecule has 4 aliphatic heterocycles. The van der Waals surface area contributed by atoms with E-state index in [2.05, 4.69) is 10.8 Å². The lowest BCUT2D eigenvalue weighted by Crippen LogP contribution is -2.62. The fourth-order valence-corrected chi connectivity index (χ4v) is 5.77. The van der Waals surface area contributed by atoms with Gasteiger partial charge in [-0.25, -0.2) is 0 Å². The quantitative estimate of drug-likeness (QED) is 0.567. The second-order valence-electron chi connectivity index (χ2n) is 9.89. The monoisotopic (exact) mass is 521 g/mol. The predicted molar refractivity (Wildman–Crippen MR) is 126 cm³/mol. The van der Waals surface area contributed by atoms with Crippen LogP contribution in [0.15, 0.2) is 18.2 Å². The Hall–Kier alpha value is -2.81. The van der Waals surface area contributed by atoms with Crippen molar-refractivity contribution in [2.45, 2.75) is 49.7 Å². The number of nitrogens with zero attached hydrogens (tertiary/aromatic N) is 3. The highest BCUT2D eigenvalue weighted by molar-refractivity contribution is 6.00. The molecule has 2 amide bonds. The standard InChI is InChI=1S/C26H30F3N3O5/c1-2-9-36-20-13-22-25(34)31-8-7-30(18-5-10-35-11-6-18)14-19(31)16-37-23-4-3-17(26(27,28)29)12-21(23)24(33)32(22)15-20/h1,3-4,12,18-20,22H,5-11,13-16H2/t19-,20+,22-/m0/s1. The van der Waals surface area contributed by atoms with E-state index in [1.165, 1.54) is 11.0 Å². The summed E-state index contributed by atoms with van der Waals surface area (Å²) in [6.45, 7) is 3.26. The van der Waals surface area contributed by atoms with Crippen LogP contribution in [0.5, 0.6) is 5.75 Å². The molecule has 0 aromatic heterocycles. The maximum absolute atomic E-state index is 13.8. The fraction of sp³-hybridized carbons (Fsp3) is 0.615. The zero-order chi connectivity index (χ0) is 26.2. The molecule has 0 bridgehead atoms. The van der Waals surface area contributed by atoms with Crippen molar-refractivity contribution in [1.29, 1.82) is 0 Å². The molecule has 5 rings (SSSR count). The van der Waals surface area contributed by atoms with E-state index in [0.717, 1.165) is 25.0 Å². The van der Waals surface area contributed by atoms with E-state index >= 15 is 0 Å². The molecule has 0 N–H and O–H groups in total. The Morgan fingerprint density at radius 1 is 1.08 bits per heavy atom. The normalized spacial score (nSPS) is 27.7. The van der Waals surface area contributed by atoms with E-state index < -0.39 is 29.8 Å². The molecule has 200 valence electrons. The summed E-state index contributed by atoms with van der Waals surface area (Å²) in [5.41, 5.74) is -1.16. The highest BCUT2D eigenvalue weighted by Gasteiger charge is 2.46. The van der Waals surface area contributed by atoms with Crippen LogP contribution in [0.25, 0.3) is 0 Å². The summed E-state index contributed by atoms with van der Waals surface area (Å²) in [5.74, 6) is 1.53. The van der Waals surface area contributed by atoms with Gasteiger partial charge in [0.05, 0.1) is 23.3 Å². The van der Waals surface area contributed by atoms with Crippen molar-refractivity contribution in [1.82, 2.24) is 14.7 Å². The second kappa shape index (κ2) is 10.5. The first-order chi connectivity index (χ1) is 17.8. The number of piperazine rings is 1. The van der Waals surface area contributed by atoms with E-state index in [9.17, 15) is 22.8 Å². The SMILES string of the molecule is C#CCO[C@@H]1C[C@H]2C(=O)N3CCN(C4CCOCC4)C[C@H]3COc3ccc(C(F)(F)F)cc3C(=O)N2C1. The predicted octanol–water partition coefficient (Wildman–Crippen LogP) is 2.02. The molecule has 3 fully saturated rings. The van der Waals surface area contributed by atoms with Gasteiger partial charge in [-0.3, -0.25) is 14.5 Å². The first-order valence-electron chi connectivity index (χ1n) is 12.6. The lowest BCUT2D eigenvalue weighted by molar-refractivity contribution is -0.143. The minimum atomic E-state index is -4.63. The third-order valence-electron chi connectivity index (χ3n) is 7.68. The van der Waals surface area contributed by atoms with Gasteiger partial charge < -0.3 is 24.0 Å². The average Bonchev–Trinajstić information content (AvgIpc) is 3.33. The molecule has 4 heterocycles. The smallest absolute Gasteiger partial charge is 0.416 e. The van der Waals surface area contributed by atoms with Gasteiger partial charge in [-0.15, -0.1) is 6.42 Å². The summed E-state index contributed by atoms with van der Waals surface area (Å²) in [6.07, 6.45) is 2.23. The second-order valence-corrected chi connectivity index (χ2v) is 9.89.